The SMILES string of the molecule is O=C1CC(=S)N/C1=C/c1ccc(-c2ccc(C(=O)NCCO)cc2)s1. The zero-order valence-electron chi connectivity index (χ0n) is 13.2. The van der Waals surface area contributed by atoms with Gasteiger partial charge in [0.05, 0.1) is 23.7 Å². The fourth-order valence-corrected chi connectivity index (χ4v) is 3.60. The van der Waals surface area contributed by atoms with Crippen LogP contribution in [-0.2, 0) is 4.79 Å². The summed E-state index contributed by atoms with van der Waals surface area (Å²) >= 11 is 6.57. The summed E-state index contributed by atoms with van der Waals surface area (Å²) in [5.41, 5.74) is 2.08. The molecule has 128 valence electrons. The summed E-state index contributed by atoms with van der Waals surface area (Å²) in [7, 11) is 0. The lowest BCUT2D eigenvalue weighted by molar-refractivity contribution is -0.114. The van der Waals surface area contributed by atoms with Crippen LogP contribution in [0.25, 0.3) is 16.5 Å². The average Bonchev–Trinajstić information content (AvgIpc) is 3.19. The molecular formula is C18H16N2O3S2. The standard InChI is InChI=1S/C18H16N2O3S2/c21-8-7-19-18(23)12-3-1-11(2-4-12)16-6-5-13(25-16)9-14-15(22)10-17(24)20-14/h1-6,9,21H,7-8,10H2,(H,19,23)(H,20,24)/b14-9+. The second-order valence-corrected chi connectivity index (χ2v) is 7.07. The van der Waals surface area contributed by atoms with Gasteiger partial charge in [-0.05, 0) is 35.9 Å². The van der Waals surface area contributed by atoms with Crippen LogP contribution in [0.5, 0.6) is 0 Å². The molecule has 3 rings (SSSR count). The minimum atomic E-state index is -0.209. The van der Waals surface area contributed by atoms with E-state index in [2.05, 4.69) is 10.6 Å². The maximum Gasteiger partial charge on any atom is 0.251 e. The molecule has 1 aromatic carbocycles. The Labute approximate surface area is 154 Å². The summed E-state index contributed by atoms with van der Waals surface area (Å²) in [5.74, 6) is -0.197. The number of aliphatic hydroxyl groups excluding tert-OH is 1. The first-order valence-corrected chi connectivity index (χ1v) is 8.93. The van der Waals surface area contributed by atoms with Gasteiger partial charge in [-0.25, -0.2) is 0 Å². The molecule has 1 saturated heterocycles. The lowest BCUT2D eigenvalue weighted by Gasteiger charge is -2.04. The Kier molecular flexibility index (Phi) is 5.37. The Morgan fingerprint density at radius 3 is 2.68 bits per heavy atom. The van der Waals surface area contributed by atoms with E-state index in [0.29, 0.717) is 16.2 Å². The van der Waals surface area contributed by atoms with Crippen molar-refractivity contribution in [3.8, 4) is 10.4 Å². The molecule has 1 aliphatic heterocycles. The lowest BCUT2D eigenvalue weighted by Crippen LogP contribution is -2.26. The highest BCUT2D eigenvalue weighted by Gasteiger charge is 2.21. The van der Waals surface area contributed by atoms with Gasteiger partial charge in [0.25, 0.3) is 5.91 Å². The highest BCUT2D eigenvalue weighted by Crippen LogP contribution is 2.30. The molecule has 0 aliphatic carbocycles. The number of Topliss-reactive ketones (excluding diaryl/α,β-unsaturated/α-hetero) is 1. The number of rotatable bonds is 5. The molecule has 0 bridgehead atoms. The molecule has 5 nitrogen and oxygen atoms in total. The largest absolute Gasteiger partial charge is 0.395 e. The van der Waals surface area contributed by atoms with E-state index < -0.39 is 0 Å². The maximum atomic E-state index is 11.8. The Morgan fingerprint density at radius 2 is 2.04 bits per heavy atom. The first-order valence-electron chi connectivity index (χ1n) is 7.71. The minimum Gasteiger partial charge on any atom is -0.395 e. The van der Waals surface area contributed by atoms with Gasteiger partial charge in [-0.3, -0.25) is 9.59 Å². The van der Waals surface area contributed by atoms with Crippen LogP contribution in [-0.4, -0.2) is 34.9 Å². The predicted molar refractivity (Wildman–Crippen MR) is 103 cm³/mol. The third kappa shape index (κ3) is 4.19. The first kappa shape index (κ1) is 17.5. The van der Waals surface area contributed by atoms with Crippen molar-refractivity contribution in [1.29, 1.82) is 0 Å². The van der Waals surface area contributed by atoms with Crippen LogP contribution in [0.4, 0.5) is 0 Å². The van der Waals surface area contributed by atoms with Crippen molar-refractivity contribution < 1.29 is 14.7 Å². The molecule has 0 unspecified atom stereocenters. The number of nitrogens with one attached hydrogen (secondary N) is 2. The van der Waals surface area contributed by atoms with E-state index in [-0.39, 0.29) is 31.3 Å². The molecule has 0 saturated carbocycles. The molecule has 1 aromatic heterocycles. The predicted octanol–water partition coefficient (Wildman–Crippen LogP) is 2.37. The van der Waals surface area contributed by atoms with E-state index in [4.69, 9.17) is 17.3 Å². The van der Waals surface area contributed by atoms with Crippen LogP contribution in [0.3, 0.4) is 0 Å². The molecule has 1 amide bonds. The number of thiophene rings is 1. The molecule has 0 atom stereocenters. The van der Waals surface area contributed by atoms with Crippen LogP contribution in [0.2, 0.25) is 0 Å². The first-order chi connectivity index (χ1) is 12.1. The zero-order valence-corrected chi connectivity index (χ0v) is 14.9. The van der Waals surface area contributed by atoms with Crippen molar-refractivity contribution >= 4 is 46.3 Å². The number of thiocarbonyl (C=S) groups is 1. The van der Waals surface area contributed by atoms with Crippen LogP contribution < -0.4 is 10.6 Å². The maximum absolute atomic E-state index is 11.8. The number of ketones is 1. The fraction of sp³-hybridized carbons (Fsp3) is 0.167. The normalized spacial score (nSPS) is 15.5. The zero-order chi connectivity index (χ0) is 17.8. The van der Waals surface area contributed by atoms with Gasteiger partial charge in [-0.15, -0.1) is 11.3 Å². The molecule has 2 heterocycles. The summed E-state index contributed by atoms with van der Waals surface area (Å²) < 4.78 is 0. The second kappa shape index (κ2) is 7.69. The lowest BCUT2D eigenvalue weighted by atomic mass is 10.1. The van der Waals surface area contributed by atoms with E-state index in [1.165, 1.54) is 0 Å². The second-order valence-electron chi connectivity index (χ2n) is 5.47. The van der Waals surface area contributed by atoms with E-state index in [9.17, 15) is 9.59 Å². The van der Waals surface area contributed by atoms with Gasteiger partial charge in [0.1, 0.15) is 0 Å². The summed E-state index contributed by atoms with van der Waals surface area (Å²) in [6, 6.07) is 11.2. The molecule has 25 heavy (non-hydrogen) atoms. The van der Waals surface area contributed by atoms with Gasteiger partial charge in [0.2, 0.25) is 0 Å². The summed E-state index contributed by atoms with van der Waals surface area (Å²) in [6.45, 7) is 0.152. The van der Waals surface area contributed by atoms with Gasteiger partial charge < -0.3 is 15.7 Å². The van der Waals surface area contributed by atoms with Crippen LogP contribution in [0.1, 0.15) is 21.7 Å². The third-order valence-corrected chi connectivity index (χ3v) is 4.97. The minimum absolute atomic E-state index is 0.0122. The Bertz CT molecular complexity index is 853. The molecule has 1 fully saturated rings. The fourth-order valence-electron chi connectivity index (χ4n) is 2.41. The number of benzene rings is 1. The Balaban J connectivity index is 1.74. The summed E-state index contributed by atoms with van der Waals surface area (Å²) in [4.78, 5) is 26.2. The summed E-state index contributed by atoms with van der Waals surface area (Å²) in [6.07, 6.45) is 2.09. The molecule has 2 aromatic rings. The highest BCUT2D eigenvalue weighted by molar-refractivity contribution is 7.80. The molecule has 0 radical (unpaired) electrons. The number of amides is 1. The quantitative estimate of drug-likeness (QED) is 0.555. The van der Waals surface area contributed by atoms with Gasteiger partial charge >= 0.3 is 0 Å². The number of carbonyl (C=O) groups is 2. The van der Waals surface area contributed by atoms with Crippen LogP contribution >= 0.6 is 23.6 Å². The van der Waals surface area contributed by atoms with Gasteiger partial charge in [0.15, 0.2) is 5.78 Å². The van der Waals surface area contributed by atoms with E-state index in [1.807, 2.05) is 30.3 Å². The number of hydrogen-bond acceptors (Lipinski definition) is 5. The molecule has 0 spiro atoms. The molecular weight excluding hydrogens is 356 g/mol. The Morgan fingerprint density at radius 1 is 1.28 bits per heavy atom. The number of aliphatic hydroxyl groups is 1. The number of allylic oxidation sites excluding steroid dienone is 1. The Hall–Kier alpha value is -2.35. The molecule has 1 aliphatic rings. The van der Waals surface area contributed by atoms with Crippen molar-refractivity contribution in [2.24, 2.45) is 0 Å². The highest BCUT2D eigenvalue weighted by atomic mass is 32.1. The summed E-state index contributed by atoms with van der Waals surface area (Å²) in [5, 5.41) is 14.3. The van der Waals surface area contributed by atoms with Gasteiger partial charge in [0, 0.05) is 21.9 Å². The molecule has 7 heteroatoms. The third-order valence-electron chi connectivity index (χ3n) is 3.64. The van der Waals surface area contributed by atoms with Gasteiger partial charge in [-0.2, -0.15) is 0 Å². The number of hydrogen-bond donors (Lipinski definition) is 3. The molecule has 3 N–H and O–H groups in total. The van der Waals surface area contributed by atoms with Crippen molar-refractivity contribution in [2.45, 2.75) is 6.42 Å². The average molecular weight is 372 g/mol. The van der Waals surface area contributed by atoms with E-state index in [0.717, 1.165) is 15.3 Å². The van der Waals surface area contributed by atoms with E-state index in [1.54, 1.807) is 23.5 Å². The van der Waals surface area contributed by atoms with Crippen LogP contribution in [0, 0.1) is 0 Å². The monoisotopic (exact) mass is 372 g/mol. The van der Waals surface area contributed by atoms with Crippen molar-refractivity contribution in [3.05, 3.63) is 52.5 Å². The number of carbonyl (C=O) groups excluding carboxylic acids is 2. The van der Waals surface area contributed by atoms with Gasteiger partial charge in [-0.1, -0.05) is 24.4 Å². The topological polar surface area (TPSA) is 78.4 Å². The van der Waals surface area contributed by atoms with Crippen LogP contribution in [0.15, 0.2) is 42.1 Å². The van der Waals surface area contributed by atoms with E-state index >= 15 is 0 Å². The van der Waals surface area contributed by atoms with Crippen molar-refractivity contribution in [2.75, 3.05) is 13.2 Å². The van der Waals surface area contributed by atoms with Crippen molar-refractivity contribution in [3.63, 3.8) is 0 Å². The smallest absolute Gasteiger partial charge is 0.251 e. The van der Waals surface area contributed by atoms with Crippen molar-refractivity contribution in [1.82, 2.24) is 10.6 Å².